The normalized spacial score (nSPS) is 11.8. The quantitative estimate of drug-likeness (QED) is 0.274. The van der Waals surface area contributed by atoms with Gasteiger partial charge in [0, 0.05) is 23.6 Å². The number of esters is 1. The molecule has 1 aromatic rings. The van der Waals surface area contributed by atoms with Gasteiger partial charge >= 0.3 is 5.97 Å². The van der Waals surface area contributed by atoms with Gasteiger partial charge in [0.1, 0.15) is 6.04 Å². The van der Waals surface area contributed by atoms with Crippen LogP contribution in [0.1, 0.15) is 23.6 Å². The Morgan fingerprint density at radius 3 is 2.80 bits per heavy atom. The Balaban J connectivity index is 2.89. The fraction of sp³-hybridized carbons (Fsp3) is 0.417. The topological polar surface area (TPSA) is 87.1 Å². The van der Waals surface area contributed by atoms with Gasteiger partial charge in [-0.1, -0.05) is 23.3 Å². The van der Waals surface area contributed by atoms with E-state index in [1.54, 1.807) is 6.07 Å². The second-order valence-corrected chi connectivity index (χ2v) is 3.84. The highest BCUT2D eigenvalue weighted by atomic mass is 19.3. The zero-order valence-electron chi connectivity index (χ0n) is 10.8. The van der Waals surface area contributed by atoms with E-state index in [1.165, 1.54) is 25.3 Å². The predicted octanol–water partition coefficient (Wildman–Crippen LogP) is 2.74. The van der Waals surface area contributed by atoms with Crippen molar-refractivity contribution >= 4 is 5.97 Å². The van der Waals surface area contributed by atoms with Crippen molar-refractivity contribution < 1.29 is 18.3 Å². The van der Waals surface area contributed by atoms with E-state index in [9.17, 15) is 13.6 Å². The molecule has 0 spiro atoms. The maximum atomic E-state index is 12.7. The Bertz CT molecular complexity index is 504. The Morgan fingerprint density at radius 2 is 2.20 bits per heavy atom. The minimum atomic E-state index is -2.61. The second kappa shape index (κ2) is 8.08. The summed E-state index contributed by atoms with van der Waals surface area (Å²) < 4.78 is 29.9. The molecule has 0 aromatic heterocycles. The number of halogens is 2. The van der Waals surface area contributed by atoms with Crippen LogP contribution in [0.15, 0.2) is 29.4 Å². The number of methoxy groups -OCH3 is 1. The number of hydrogen-bond acceptors (Lipinski definition) is 4. The number of hydrogen-bond donors (Lipinski definition) is 1. The molecule has 0 bridgehead atoms. The summed E-state index contributed by atoms with van der Waals surface area (Å²) in [5, 5.41) is 6.12. The summed E-state index contributed by atoms with van der Waals surface area (Å²) in [4.78, 5) is 14.3. The molecule has 8 heteroatoms. The zero-order chi connectivity index (χ0) is 15.0. The smallest absolute Gasteiger partial charge is 0.327 e. The molecule has 1 unspecified atom stereocenters. The molecule has 0 radical (unpaired) electrons. The van der Waals surface area contributed by atoms with Crippen molar-refractivity contribution in [3.63, 3.8) is 0 Å². The minimum absolute atomic E-state index is 0.137. The molecule has 1 N–H and O–H groups in total. The van der Waals surface area contributed by atoms with Gasteiger partial charge in [0.05, 0.1) is 7.11 Å². The van der Waals surface area contributed by atoms with Crippen molar-refractivity contribution in [1.29, 1.82) is 0 Å². The van der Waals surface area contributed by atoms with Crippen LogP contribution in [-0.2, 0) is 9.53 Å². The number of alkyl halides is 2. The van der Waals surface area contributed by atoms with Crippen LogP contribution in [0.2, 0.25) is 0 Å². The second-order valence-electron chi connectivity index (χ2n) is 3.84. The number of benzene rings is 1. The molecule has 0 heterocycles. The third-order valence-corrected chi connectivity index (χ3v) is 2.56. The van der Waals surface area contributed by atoms with Crippen LogP contribution in [0.4, 0.5) is 8.78 Å². The molecule has 1 rings (SSSR count). The van der Waals surface area contributed by atoms with E-state index in [-0.39, 0.29) is 18.7 Å². The van der Waals surface area contributed by atoms with Crippen LogP contribution < -0.4 is 5.32 Å². The molecule has 0 saturated carbocycles. The van der Waals surface area contributed by atoms with Crippen LogP contribution in [-0.4, -0.2) is 26.2 Å². The van der Waals surface area contributed by atoms with Crippen molar-refractivity contribution in [3.8, 4) is 0 Å². The molecule has 0 amide bonds. The first-order valence-corrected chi connectivity index (χ1v) is 5.80. The maximum absolute atomic E-state index is 12.7. The number of rotatable bonds is 7. The van der Waals surface area contributed by atoms with Gasteiger partial charge in [-0.15, -0.1) is 0 Å². The molecule has 20 heavy (non-hydrogen) atoms. The highest BCUT2D eigenvalue weighted by Crippen LogP contribution is 2.23. The lowest BCUT2D eigenvalue weighted by atomic mass is 10.0. The number of azide groups is 1. The summed E-state index contributed by atoms with van der Waals surface area (Å²) in [5.41, 5.74) is 8.35. The van der Waals surface area contributed by atoms with E-state index in [4.69, 9.17) is 5.53 Å². The van der Waals surface area contributed by atoms with E-state index in [2.05, 4.69) is 20.1 Å². The Labute approximate surface area is 114 Å². The third-order valence-electron chi connectivity index (χ3n) is 2.56. The molecular weight excluding hydrogens is 270 g/mol. The highest BCUT2D eigenvalue weighted by Gasteiger charge is 2.21. The van der Waals surface area contributed by atoms with Crippen LogP contribution >= 0.6 is 0 Å². The lowest BCUT2D eigenvalue weighted by molar-refractivity contribution is -0.143. The molecule has 0 aliphatic carbocycles. The van der Waals surface area contributed by atoms with Gasteiger partial charge in [0.25, 0.3) is 6.43 Å². The number of carbonyl (C=O) groups excluding carboxylic acids is 1. The molecular formula is C12H14F2N4O2. The monoisotopic (exact) mass is 284 g/mol. The van der Waals surface area contributed by atoms with Crippen LogP contribution in [0.25, 0.3) is 10.4 Å². The van der Waals surface area contributed by atoms with Gasteiger partial charge in [-0.05, 0) is 17.2 Å². The summed E-state index contributed by atoms with van der Waals surface area (Å²) in [6, 6.07) is 4.64. The minimum Gasteiger partial charge on any atom is -0.468 e. The van der Waals surface area contributed by atoms with E-state index >= 15 is 0 Å². The van der Waals surface area contributed by atoms with Gasteiger partial charge in [0.2, 0.25) is 0 Å². The van der Waals surface area contributed by atoms with Gasteiger partial charge in [-0.2, -0.15) is 0 Å². The van der Waals surface area contributed by atoms with Crippen molar-refractivity contribution in [1.82, 2.24) is 5.32 Å². The average Bonchev–Trinajstić information content (AvgIpc) is 2.46. The fourth-order valence-corrected chi connectivity index (χ4v) is 1.63. The maximum Gasteiger partial charge on any atom is 0.327 e. The van der Waals surface area contributed by atoms with Gasteiger partial charge in [-0.25, -0.2) is 13.6 Å². The summed E-state index contributed by atoms with van der Waals surface area (Å²) in [7, 11) is 1.21. The summed E-state index contributed by atoms with van der Waals surface area (Å²) in [6.07, 6.45) is -2.61. The molecule has 1 aromatic carbocycles. The van der Waals surface area contributed by atoms with Crippen LogP contribution in [0.3, 0.4) is 0 Å². The molecule has 0 aliphatic rings. The molecule has 108 valence electrons. The molecule has 0 aliphatic heterocycles. The van der Waals surface area contributed by atoms with E-state index < -0.39 is 18.4 Å². The Morgan fingerprint density at radius 1 is 1.50 bits per heavy atom. The average molecular weight is 284 g/mol. The number of nitrogens with one attached hydrogen (secondary N) is 1. The Kier molecular flexibility index (Phi) is 6.42. The van der Waals surface area contributed by atoms with Crippen LogP contribution in [0, 0.1) is 0 Å². The zero-order valence-corrected chi connectivity index (χ0v) is 10.8. The number of ether oxygens (including phenoxy) is 1. The van der Waals surface area contributed by atoms with E-state index in [0.717, 1.165) is 0 Å². The molecule has 0 fully saturated rings. The van der Waals surface area contributed by atoms with Crippen molar-refractivity contribution in [2.75, 3.05) is 20.2 Å². The third kappa shape index (κ3) is 4.49. The fourth-order valence-electron chi connectivity index (χ4n) is 1.63. The number of carbonyl (C=O) groups is 1. The SMILES string of the molecule is COC(=O)C(NCCN=[N+]=[N-])c1cccc(C(F)F)c1. The van der Waals surface area contributed by atoms with E-state index in [0.29, 0.717) is 5.56 Å². The van der Waals surface area contributed by atoms with Crippen molar-refractivity contribution in [3.05, 3.63) is 45.8 Å². The van der Waals surface area contributed by atoms with Gasteiger partial charge in [0.15, 0.2) is 0 Å². The first-order valence-electron chi connectivity index (χ1n) is 5.80. The largest absolute Gasteiger partial charge is 0.468 e. The summed E-state index contributed by atoms with van der Waals surface area (Å²) in [5.74, 6) is -0.600. The molecule has 1 atom stereocenters. The Hall–Kier alpha value is -2.18. The van der Waals surface area contributed by atoms with Gasteiger partial charge in [-0.3, -0.25) is 0 Å². The van der Waals surface area contributed by atoms with Crippen molar-refractivity contribution in [2.24, 2.45) is 5.11 Å². The first-order chi connectivity index (χ1) is 9.60. The van der Waals surface area contributed by atoms with Crippen LogP contribution in [0.5, 0.6) is 0 Å². The summed E-state index contributed by atoms with van der Waals surface area (Å²) >= 11 is 0. The number of nitrogens with zero attached hydrogens (tertiary/aromatic N) is 3. The lowest BCUT2D eigenvalue weighted by Gasteiger charge is -2.17. The lowest BCUT2D eigenvalue weighted by Crippen LogP contribution is -2.31. The van der Waals surface area contributed by atoms with Crippen molar-refractivity contribution in [2.45, 2.75) is 12.5 Å². The highest BCUT2D eigenvalue weighted by molar-refractivity contribution is 5.77. The standard InChI is InChI=1S/C12H14F2N4O2/c1-20-12(19)10(16-5-6-17-18-15)8-3-2-4-9(7-8)11(13)14/h2-4,7,10-11,16H,5-6H2,1H3. The first kappa shape index (κ1) is 15.9. The van der Waals surface area contributed by atoms with Gasteiger partial charge < -0.3 is 10.1 Å². The molecule has 0 saturated heterocycles. The van der Waals surface area contributed by atoms with E-state index in [1.807, 2.05) is 0 Å². The predicted molar refractivity (Wildman–Crippen MR) is 68.2 cm³/mol. The summed E-state index contributed by atoms with van der Waals surface area (Å²) in [6.45, 7) is 0.362. The molecule has 6 nitrogen and oxygen atoms in total.